The SMILES string of the molecule is CC(=O)O[C@@H]1CC[C@@H]2C[C@H]1CC(=O)N2CCc1cn(C(C)=O)c2ccccc12. The molecule has 1 aromatic carbocycles. The van der Waals surface area contributed by atoms with Crippen LogP contribution < -0.4 is 0 Å². The Hall–Kier alpha value is -2.63. The molecule has 0 spiro atoms. The van der Waals surface area contributed by atoms with Crippen LogP contribution in [0.5, 0.6) is 0 Å². The van der Waals surface area contributed by atoms with E-state index in [1.54, 1.807) is 11.5 Å². The fourth-order valence-electron chi connectivity index (χ4n) is 4.88. The molecule has 1 aliphatic heterocycles. The van der Waals surface area contributed by atoms with E-state index in [4.69, 9.17) is 4.74 Å². The van der Waals surface area contributed by atoms with Crippen molar-refractivity contribution in [2.75, 3.05) is 6.54 Å². The minimum Gasteiger partial charge on any atom is -0.462 e. The molecule has 2 aliphatic rings. The van der Waals surface area contributed by atoms with Gasteiger partial charge < -0.3 is 9.64 Å². The van der Waals surface area contributed by atoms with Gasteiger partial charge in [-0.25, -0.2) is 0 Å². The molecule has 148 valence electrons. The summed E-state index contributed by atoms with van der Waals surface area (Å²) in [5.74, 6) is 0.0164. The monoisotopic (exact) mass is 382 g/mol. The smallest absolute Gasteiger partial charge is 0.302 e. The summed E-state index contributed by atoms with van der Waals surface area (Å²) < 4.78 is 7.10. The van der Waals surface area contributed by atoms with Crippen LogP contribution >= 0.6 is 0 Å². The van der Waals surface area contributed by atoms with E-state index in [0.717, 1.165) is 42.1 Å². The predicted octanol–water partition coefficient (Wildman–Crippen LogP) is 3.18. The highest BCUT2D eigenvalue weighted by molar-refractivity contribution is 5.93. The first kappa shape index (κ1) is 18.7. The number of fused-ring (bicyclic) bond motifs is 3. The zero-order valence-corrected chi connectivity index (χ0v) is 16.4. The van der Waals surface area contributed by atoms with E-state index in [0.29, 0.717) is 13.0 Å². The molecule has 4 rings (SSSR count). The number of rotatable bonds is 4. The van der Waals surface area contributed by atoms with Gasteiger partial charge >= 0.3 is 5.97 Å². The van der Waals surface area contributed by atoms with Gasteiger partial charge in [-0.15, -0.1) is 0 Å². The summed E-state index contributed by atoms with van der Waals surface area (Å²) >= 11 is 0. The van der Waals surface area contributed by atoms with Crippen molar-refractivity contribution in [1.82, 2.24) is 9.47 Å². The molecule has 6 heteroatoms. The molecule has 2 heterocycles. The van der Waals surface area contributed by atoms with Gasteiger partial charge in [-0.05, 0) is 37.3 Å². The van der Waals surface area contributed by atoms with E-state index in [1.807, 2.05) is 35.4 Å². The number of para-hydroxylation sites is 1. The lowest BCUT2D eigenvalue weighted by Crippen LogP contribution is -2.53. The Morgan fingerprint density at radius 2 is 1.96 bits per heavy atom. The van der Waals surface area contributed by atoms with Crippen LogP contribution in [0, 0.1) is 5.92 Å². The van der Waals surface area contributed by atoms with Crippen molar-refractivity contribution in [2.24, 2.45) is 5.92 Å². The van der Waals surface area contributed by atoms with E-state index in [1.165, 1.54) is 6.92 Å². The molecular weight excluding hydrogens is 356 g/mol. The number of hydrogen-bond acceptors (Lipinski definition) is 4. The highest BCUT2D eigenvalue weighted by Gasteiger charge is 2.42. The Morgan fingerprint density at radius 1 is 1.18 bits per heavy atom. The number of benzene rings is 1. The molecule has 2 fully saturated rings. The summed E-state index contributed by atoms with van der Waals surface area (Å²) in [6.45, 7) is 3.65. The lowest BCUT2D eigenvalue weighted by atomic mass is 9.77. The van der Waals surface area contributed by atoms with Crippen LogP contribution in [0.15, 0.2) is 30.5 Å². The number of esters is 1. The average Bonchev–Trinajstić information content (AvgIpc) is 3.02. The predicted molar refractivity (Wildman–Crippen MR) is 105 cm³/mol. The summed E-state index contributed by atoms with van der Waals surface area (Å²) in [5, 5.41) is 1.07. The van der Waals surface area contributed by atoms with Crippen LogP contribution in [0.3, 0.4) is 0 Å². The van der Waals surface area contributed by atoms with Gasteiger partial charge in [0, 0.05) is 50.4 Å². The third kappa shape index (κ3) is 3.43. The maximum Gasteiger partial charge on any atom is 0.302 e. The summed E-state index contributed by atoms with van der Waals surface area (Å²) in [7, 11) is 0. The van der Waals surface area contributed by atoms with Crippen molar-refractivity contribution < 1.29 is 19.1 Å². The molecular formula is C22H26N2O4. The molecule has 2 aromatic rings. The van der Waals surface area contributed by atoms with Gasteiger partial charge in [0.1, 0.15) is 6.10 Å². The quantitative estimate of drug-likeness (QED) is 0.762. The number of amides is 1. The second-order valence-corrected chi connectivity index (χ2v) is 7.98. The summed E-state index contributed by atoms with van der Waals surface area (Å²) in [4.78, 5) is 38.0. The fourth-order valence-corrected chi connectivity index (χ4v) is 4.88. The average molecular weight is 382 g/mol. The lowest BCUT2D eigenvalue weighted by molar-refractivity contribution is -0.160. The Balaban J connectivity index is 1.48. The minimum absolute atomic E-state index is 0.0110. The molecule has 1 aromatic heterocycles. The van der Waals surface area contributed by atoms with Crippen molar-refractivity contribution in [3.05, 3.63) is 36.0 Å². The van der Waals surface area contributed by atoms with E-state index in [9.17, 15) is 14.4 Å². The van der Waals surface area contributed by atoms with Crippen LogP contribution in [0.2, 0.25) is 0 Å². The van der Waals surface area contributed by atoms with Crippen LogP contribution in [0.4, 0.5) is 0 Å². The highest BCUT2D eigenvalue weighted by Crippen LogP contribution is 2.37. The molecule has 28 heavy (non-hydrogen) atoms. The highest BCUT2D eigenvalue weighted by atomic mass is 16.5. The molecule has 1 amide bonds. The van der Waals surface area contributed by atoms with E-state index in [2.05, 4.69) is 0 Å². The molecule has 0 radical (unpaired) electrons. The second kappa shape index (κ2) is 7.41. The first-order valence-corrected chi connectivity index (χ1v) is 10.0. The number of carbonyl (C=O) groups is 3. The maximum atomic E-state index is 12.8. The molecule has 1 saturated heterocycles. The lowest BCUT2D eigenvalue weighted by Gasteiger charge is -2.45. The van der Waals surface area contributed by atoms with Gasteiger partial charge in [0.05, 0.1) is 5.52 Å². The summed E-state index contributed by atoms with van der Waals surface area (Å²) in [6.07, 6.45) is 5.55. The zero-order valence-electron chi connectivity index (χ0n) is 16.4. The molecule has 1 saturated carbocycles. The Bertz CT molecular complexity index is 932. The molecule has 0 unspecified atom stereocenters. The number of likely N-dealkylation sites (tertiary alicyclic amines) is 1. The largest absolute Gasteiger partial charge is 0.462 e. The zero-order chi connectivity index (χ0) is 19.8. The van der Waals surface area contributed by atoms with Crippen LogP contribution in [0.1, 0.15) is 49.9 Å². The van der Waals surface area contributed by atoms with Crippen molar-refractivity contribution in [3.8, 4) is 0 Å². The number of nitrogens with zero attached hydrogens (tertiary/aromatic N) is 2. The second-order valence-electron chi connectivity index (χ2n) is 7.98. The number of hydrogen-bond donors (Lipinski definition) is 0. The van der Waals surface area contributed by atoms with Crippen molar-refractivity contribution in [2.45, 2.75) is 58.1 Å². The van der Waals surface area contributed by atoms with Gasteiger partial charge in [-0.3, -0.25) is 19.0 Å². The van der Waals surface area contributed by atoms with Gasteiger partial charge in [0.2, 0.25) is 11.8 Å². The van der Waals surface area contributed by atoms with E-state index >= 15 is 0 Å². The van der Waals surface area contributed by atoms with Gasteiger partial charge in [0.15, 0.2) is 0 Å². The third-order valence-electron chi connectivity index (χ3n) is 6.16. The molecule has 6 nitrogen and oxygen atoms in total. The topological polar surface area (TPSA) is 68.6 Å². The van der Waals surface area contributed by atoms with Crippen molar-refractivity contribution >= 4 is 28.7 Å². The number of piperidine rings is 1. The standard InChI is InChI=1S/C22H26N2O4/c1-14(25)24-13-16(19-5-3-4-6-20(19)24)9-10-23-18-7-8-21(28-15(2)26)17(11-18)12-22(23)27/h3-6,13,17-18,21H,7-12H2,1-2H3/t17-,18+,21+/m0/s1. The molecule has 1 aliphatic carbocycles. The first-order valence-electron chi connectivity index (χ1n) is 10.0. The van der Waals surface area contributed by atoms with E-state index < -0.39 is 0 Å². The van der Waals surface area contributed by atoms with Crippen LogP contribution in [-0.2, 0) is 20.7 Å². The van der Waals surface area contributed by atoms with E-state index in [-0.39, 0.29) is 35.8 Å². The van der Waals surface area contributed by atoms with Crippen molar-refractivity contribution in [1.29, 1.82) is 0 Å². The van der Waals surface area contributed by atoms with Crippen LogP contribution in [0.25, 0.3) is 10.9 Å². The summed E-state index contributed by atoms with van der Waals surface area (Å²) in [5.41, 5.74) is 2.01. The van der Waals surface area contributed by atoms with Gasteiger partial charge in [-0.2, -0.15) is 0 Å². The molecule has 0 N–H and O–H groups in total. The Labute approximate surface area is 164 Å². The molecule has 2 bridgehead atoms. The Morgan fingerprint density at radius 3 is 2.71 bits per heavy atom. The minimum atomic E-state index is -0.264. The molecule has 3 atom stereocenters. The number of aromatic nitrogens is 1. The number of ether oxygens (including phenoxy) is 1. The Kier molecular flexibility index (Phi) is 4.96. The third-order valence-corrected chi connectivity index (χ3v) is 6.16. The van der Waals surface area contributed by atoms with Gasteiger partial charge in [0.25, 0.3) is 0 Å². The maximum absolute atomic E-state index is 12.8. The van der Waals surface area contributed by atoms with Crippen LogP contribution in [-0.4, -0.2) is 45.9 Å². The number of carbonyl (C=O) groups excluding carboxylic acids is 3. The summed E-state index contributed by atoms with van der Waals surface area (Å²) in [6, 6.07) is 8.11. The first-order chi connectivity index (χ1) is 13.4. The normalized spacial score (nSPS) is 24.4. The fraction of sp³-hybridized carbons (Fsp3) is 0.500. The van der Waals surface area contributed by atoms with Crippen molar-refractivity contribution in [3.63, 3.8) is 0 Å². The van der Waals surface area contributed by atoms with Gasteiger partial charge in [-0.1, -0.05) is 18.2 Å².